The van der Waals surface area contributed by atoms with Gasteiger partial charge in [0.1, 0.15) is 11.4 Å². The lowest BCUT2D eigenvalue weighted by atomic mass is 9.94. The molecule has 0 saturated carbocycles. The van der Waals surface area contributed by atoms with Crippen LogP contribution in [0.15, 0.2) is 12.3 Å². The first-order chi connectivity index (χ1) is 6.91. The number of aliphatic hydroxyl groups excluding tert-OH is 1. The Hall–Kier alpha value is -1.32. The molecule has 1 unspecified atom stereocenters. The first kappa shape index (κ1) is 11.8. The Kier molecular flexibility index (Phi) is 3.50. The van der Waals surface area contributed by atoms with Crippen LogP contribution in [0.3, 0.4) is 0 Å². The highest BCUT2D eigenvalue weighted by atomic mass is 16.6. The van der Waals surface area contributed by atoms with Crippen molar-refractivity contribution >= 4 is 11.8 Å². The molecule has 1 aliphatic heterocycles. The number of ketones is 1. The minimum absolute atomic E-state index is 0.0110. The molecule has 1 rings (SSSR count). The van der Waals surface area contributed by atoms with Crippen molar-refractivity contribution < 1.29 is 19.4 Å². The number of Topliss-reactive ketones (excluding diaryl/α,β-unsaturated/α-hetero) is 1. The average Bonchev–Trinajstić information content (AvgIpc) is 2.42. The van der Waals surface area contributed by atoms with E-state index in [0.717, 1.165) is 0 Å². The van der Waals surface area contributed by atoms with Crippen LogP contribution in [-0.2, 0) is 14.3 Å². The van der Waals surface area contributed by atoms with E-state index >= 15 is 0 Å². The molecule has 4 heteroatoms. The summed E-state index contributed by atoms with van der Waals surface area (Å²) in [6.45, 7) is 5.07. The fourth-order valence-electron chi connectivity index (χ4n) is 1.66. The molecule has 1 aliphatic rings. The summed E-state index contributed by atoms with van der Waals surface area (Å²) in [6.07, 6.45) is 1.74. The summed E-state index contributed by atoms with van der Waals surface area (Å²) in [5, 5.41) is 8.84. The molecule has 1 atom stereocenters. The smallest absolute Gasteiger partial charge is 0.306 e. The quantitative estimate of drug-likeness (QED) is 0.558. The van der Waals surface area contributed by atoms with Crippen molar-refractivity contribution in [2.45, 2.75) is 44.6 Å². The molecule has 0 aliphatic carbocycles. The highest BCUT2D eigenvalue weighted by molar-refractivity contribution is 5.81. The maximum absolute atomic E-state index is 11.5. The highest BCUT2D eigenvalue weighted by Crippen LogP contribution is 2.30. The molecule has 84 valence electrons. The van der Waals surface area contributed by atoms with Crippen LogP contribution in [0.4, 0.5) is 0 Å². The molecule has 15 heavy (non-hydrogen) atoms. The number of allylic oxidation sites excluding steroid dienone is 1. The number of carbonyl (C=O) groups excluding carboxylic acids is 2. The Balaban J connectivity index is 2.37. The second-order valence-electron chi connectivity index (χ2n) is 4.21. The van der Waals surface area contributed by atoms with Crippen LogP contribution in [0.2, 0.25) is 0 Å². The average molecular weight is 212 g/mol. The standard InChI is InChI=1S/C11H16O4/c1-8(12)3-4-9(13)7-11(2)6-5-10(14)15-11/h12H,1,3-7H2,2H3. The summed E-state index contributed by atoms with van der Waals surface area (Å²) in [7, 11) is 0. The molecule has 0 bridgehead atoms. The third-order valence-corrected chi connectivity index (χ3v) is 2.48. The van der Waals surface area contributed by atoms with Gasteiger partial charge in [0.2, 0.25) is 0 Å². The van der Waals surface area contributed by atoms with Gasteiger partial charge in [-0.05, 0) is 13.3 Å². The molecule has 0 aromatic heterocycles. The van der Waals surface area contributed by atoms with E-state index in [2.05, 4.69) is 6.58 Å². The van der Waals surface area contributed by atoms with E-state index < -0.39 is 5.60 Å². The van der Waals surface area contributed by atoms with Gasteiger partial charge in [0.25, 0.3) is 0 Å². The molecule has 0 radical (unpaired) electrons. The van der Waals surface area contributed by atoms with Gasteiger partial charge in [0.05, 0.1) is 5.76 Å². The summed E-state index contributed by atoms with van der Waals surface area (Å²) in [5.74, 6) is -0.240. The number of esters is 1. The van der Waals surface area contributed by atoms with E-state index in [-0.39, 0.29) is 36.8 Å². The summed E-state index contributed by atoms with van der Waals surface area (Å²) >= 11 is 0. The third kappa shape index (κ3) is 3.73. The summed E-state index contributed by atoms with van der Waals surface area (Å²) in [4.78, 5) is 22.4. The lowest BCUT2D eigenvalue weighted by Gasteiger charge is -2.21. The van der Waals surface area contributed by atoms with Gasteiger partial charge in [0, 0.05) is 25.7 Å². The number of rotatable bonds is 5. The van der Waals surface area contributed by atoms with Crippen LogP contribution < -0.4 is 0 Å². The molecular weight excluding hydrogens is 196 g/mol. The van der Waals surface area contributed by atoms with Crippen molar-refractivity contribution in [3.8, 4) is 0 Å². The van der Waals surface area contributed by atoms with Gasteiger partial charge >= 0.3 is 5.97 Å². The Morgan fingerprint density at radius 3 is 2.73 bits per heavy atom. The summed E-state index contributed by atoms with van der Waals surface area (Å²) in [6, 6.07) is 0. The Labute approximate surface area is 88.9 Å². The minimum atomic E-state index is -0.634. The maximum Gasteiger partial charge on any atom is 0.306 e. The highest BCUT2D eigenvalue weighted by Gasteiger charge is 2.37. The number of ether oxygens (including phenoxy) is 1. The van der Waals surface area contributed by atoms with Crippen molar-refractivity contribution in [2.24, 2.45) is 0 Å². The number of aliphatic hydroxyl groups is 1. The molecule has 1 saturated heterocycles. The first-order valence-electron chi connectivity index (χ1n) is 5.01. The van der Waals surface area contributed by atoms with E-state index in [1.54, 1.807) is 6.92 Å². The first-order valence-corrected chi connectivity index (χ1v) is 5.01. The topological polar surface area (TPSA) is 63.6 Å². The normalized spacial score (nSPS) is 25.0. The van der Waals surface area contributed by atoms with Crippen LogP contribution >= 0.6 is 0 Å². The predicted octanol–water partition coefficient (Wildman–Crippen LogP) is 1.89. The molecular formula is C11H16O4. The predicted molar refractivity (Wildman–Crippen MR) is 54.4 cm³/mol. The lowest BCUT2D eigenvalue weighted by molar-refractivity contribution is -0.148. The van der Waals surface area contributed by atoms with E-state index in [1.807, 2.05) is 0 Å². The van der Waals surface area contributed by atoms with Crippen LogP contribution in [0.1, 0.15) is 39.0 Å². The van der Waals surface area contributed by atoms with Gasteiger partial charge < -0.3 is 9.84 Å². The zero-order valence-electron chi connectivity index (χ0n) is 8.91. The number of cyclic esters (lactones) is 1. The van der Waals surface area contributed by atoms with Crippen molar-refractivity contribution in [3.63, 3.8) is 0 Å². The van der Waals surface area contributed by atoms with Gasteiger partial charge in [-0.25, -0.2) is 0 Å². The Morgan fingerprint density at radius 1 is 1.60 bits per heavy atom. The van der Waals surface area contributed by atoms with E-state index in [4.69, 9.17) is 9.84 Å². The zero-order chi connectivity index (χ0) is 11.5. The van der Waals surface area contributed by atoms with Gasteiger partial charge in [-0.2, -0.15) is 0 Å². The Morgan fingerprint density at radius 2 is 2.27 bits per heavy atom. The minimum Gasteiger partial charge on any atom is -0.513 e. The van der Waals surface area contributed by atoms with E-state index in [0.29, 0.717) is 12.8 Å². The SMILES string of the molecule is C=C(O)CCC(=O)CC1(C)CCC(=O)O1. The molecule has 1 fully saturated rings. The molecule has 0 spiro atoms. The zero-order valence-corrected chi connectivity index (χ0v) is 8.91. The fraction of sp³-hybridized carbons (Fsp3) is 0.636. The monoisotopic (exact) mass is 212 g/mol. The van der Waals surface area contributed by atoms with Crippen molar-refractivity contribution in [2.75, 3.05) is 0 Å². The van der Waals surface area contributed by atoms with Crippen LogP contribution in [-0.4, -0.2) is 22.5 Å². The van der Waals surface area contributed by atoms with Crippen LogP contribution in [0, 0.1) is 0 Å². The van der Waals surface area contributed by atoms with Crippen molar-refractivity contribution in [1.29, 1.82) is 0 Å². The van der Waals surface area contributed by atoms with Gasteiger partial charge in [0.15, 0.2) is 0 Å². The fourth-order valence-corrected chi connectivity index (χ4v) is 1.66. The number of hydrogen-bond donors (Lipinski definition) is 1. The summed E-state index contributed by atoms with van der Waals surface area (Å²) in [5.41, 5.74) is -0.634. The molecule has 0 aromatic rings. The molecule has 1 heterocycles. The van der Waals surface area contributed by atoms with Gasteiger partial charge in [-0.1, -0.05) is 6.58 Å². The van der Waals surface area contributed by atoms with E-state index in [9.17, 15) is 9.59 Å². The lowest BCUT2D eigenvalue weighted by Crippen LogP contribution is -2.27. The molecule has 1 N–H and O–H groups in total. The second-order valence-corrected chi connectivity index (χ2v) is 4.21. The second kappa shape index (κ2) is 4.47. The van der Waals surface area contributed by atoms with Crippen molar-refractivity contribution in [3.05, 3.63) is 12.3 Å². The van der Waals surface area contributed by atoms with Gasteiger partial charge in [-0.15, -0.1) is 0 Å². The number of carbonyl (C=O) groups is 2. The summed E-state index contributed by atoms with van der Waals surface area (Å²) < 4.78 is 5.08. The maximum atomic E-state index is 11.5. The largest absolute Gasteiger partial charge is 0.513 e. The van der Waals surface area contributed by atoms with Crippen LogP contribution in [0.25, 0.3) is 0 Å². The third-order valence-electron chi connectivity index (χ3n) is 2.48. The van der Waals surface area contributed by atoms with Crippen molar-refractivity contribution in [1.82, 2.24) is 0 Å². The molecule has 0 amide bonds. The van der Waals surface area contributed by atoms with E-state index in [1.165, 1.54) is 0 Å². The molecule has 0 aromatic carbocycles. The number of hydrogen-bond acceptors (Lipinski definition) is 4. The van der Waals surface area contributed by atoms with Crippen LogP contribution in [0.5, 0.6) is 0 Å². The van der Waals surface area contributed by atoms with Gasteiger partial charge in [-0.3, -0.25) is 9.59 Å². The Bertz CT molecular complexity index is 295. The molecule has 4 nitrogen and oxygen atoms in total.